The fraction of sp³-hybridized carbons (Fsp3) is 0.308. The first-order valence-corrected chi connectivity index (χ1v) is 5.24. The third-order valence-electron chi connectivity index (χ3n) is 2.06. The highest BCUT2D eigenvalue weighted by atomic mass is 14.6. The molecule has 74 valence electrons. The molecule has 1 aromatic carbocycles. The summed E-state index contributed by atoms with van der Waals surface area (Å²) in [5.74, 6) is 0. The Labute approximate surface area is 85.8 Å². The minimum Gasteiger partial charge on any atom is -0.256 e. The molecule has 2 aromatic rings. The summed E-state index contributed by atoms with van der Waals surface area (Å²) < 4.78 is 0. The quantitative estimate of drug-likeness (QED) is 0.661. The van der Waals surface area contributed by atoms with Crippen molar-refractivity contribution < 1.29 is 0 Å². The van der Waals surface area contributed by atoms with E-state index >= 15 is 0 Å². The monoisotopic (exact) mass is 187 g/mol. The molecule has 0 aliphatic carbocycles. The van der Waals surface area contributed by atoms with Crippen molar-refractivity contribution in [1.82, 2.24) is 4.98 Å². The van der Waals surface area contributed by atoms with Crippen LogP contribution in [0.1, 0.15) is 26.3 Å². The Kier molecular flexibility index (Phi) is 4.11. The lowest BCUT2D eigenvalue weighted by atomic mass is 10.1. The second kappa shape index (κ2) is 5.38. The van der Waals surface area contributed by atoms with E-state index < -0.39 is 0 Å². The summed E-state index contributed by atoms with van der Waals surface area (Å²) >= 11 is 0. The molecule has 0 spiro atoms. The summed E-state index contributed by atoms with van der Waals surface area (Å²) in [6.07, 6.45) is 3.00. The van der Waals surface area contributed by atoms with Crippen molar-refractivity contribution in [2.75, 3.05) is 0 Å². The van der Waals surface area contributed by atoms with E-state index in [1.807, 2.05) is 38.2 Å². The zero-order valence-electron chi connectivity index (χ0n) is 9.12. The highest BCUT2D eigenvalue weighted by molar-refractivity contribution is 5.78. The van der Waals surface area contributed by atoms with E-state index in [2.05, 4.69) is 24.0 Å². The Morgan fingerprint density at radius 2 is 1.86 bits per heavy atom. The number of rotatable bonds is 1. The van der Waals surface area contributed by atoms with Gasteiger partial charge in [-0.2, -0.15) is 0 Å². The number of hydrogen-bond donors (Lipinski definition) is 0. The van der Waals surface area contributed by atoms with E-state index in [1.165, 1.54) is 10.9 Å². The van der Waals surface area contributed by atoms with Crippen molar-refractivity contribution in [1.29, 1.82) is 0 Å². The highest BCUT2D eigenvalue weighted by Gasteiger charge is 1.93. The molecule has 0 N–H and O–H groups in total. The van der Waals surface area contributed by atoms with E-state index in [0.717, 1.165) is 11.9 Å². The lowest BCUT2D eigenvalue weighted by Crippen LogP contribution is -1.83. The number of nitrogens with zero attached hydrogens (tertiary/aromatic N) is 1. The van der Waals surface area contributed by atoms with E-state index in [9.17, 15) is 0 Å². The fourth-order valence-corrected chi connectivity index (χ4v) is 1.31. The fourth-order valence-electron chi connectivity index (χ4n) is 1.31. The summed E-state index contributed by atoms with van der Waals surface area (Å²) in [6.45, 7) is 6.14. The summed E-state index contributed by atoms with van der Waals surface area (Å²) in [7, 11) is 0. The second-order valence-electron chi connectivity index (χ2n) is 2.89. The second-order valence-corrected chi connectivity index (χ2v) is 2.89. The molecule has 1 aromatic heterocycles. The van der Waals surface area contributed by atoms with Gasteiger partial charge in [-0.1, -0.05) is 39.0 Å². The topological polar surface area (TPSA) is 12.9 Å². The van der Waals surface area contributed by atoms with Gasteiger partial charge in [-0.3, -0.25) is 4.98 Å². The number of hydrogen-bond acceptors (Lipinski definition) is 1. The molecule has 0 unspecified atom stereocenters. The van der Waals surface area contributed by atoms with Crippen molar-refractivity contribution in [3.63, 3.8) is 0 Å². The molecule has 1 nitrogen and oxygen atoms in total. The van der Waals surface area contributed by atoms with Gasteiger partial charge in [0.15, 0.2) is 0 Å². The molecule has 0 saturated carbocycles. The normalized spacial score (nSPS) is 9.36. The van der Waals surface area contributed by atoms with Gasteiger partial charge in [0.05, 0.1) is 5.52 Å². The van der Waals surface area contributed by atoms with Crippen molar-refractivity contribution in [3.05, 3.63) is 42.1 Å². The molecular weight excluding hydrogens is 170 g/mol. The van der Waals surface area contributed by atoms with Gasteiger partial charge in [0.2, 0.25) is 0 Å². The zero-order chi connectivity index (χ0) is 10.4. The standard InChI is InChI=1S/C11H11N.C2H6/c1-2-9-7-10-5-3-4-6-11(10)12-8-9;1-2/h3-8H,2H2,1H3;1-2H3. The van der Waals surface area contributed by atoms with E-state index in [4.69, 9.17) is 0 Å². The number of para-hydroxylation sites is 1. The van der Waals surface area contributed by atoms with Crippen LogP contribution >= 0.6 is 0 Å². The molecule has 2 rings (SSSR count). The number of benzene rings is 1. The lowest BCUT2D eigenvalue weighted by Gasteiger charge is -1.98. The summed E-state index contributed by atoms with van der Waals surface area (Å²) in [4.78, 5) is 4.35. The van der Waals surface area contributed by atoms with Gasteiger partial charge in [-0.05, 0) is 24.1 Å². The zero-order valence-corrected chi connectivity index (χ0v) is 9.12. The van der Waals surface area contributed by atoms with Gasteiger partial charge < -0.3 is 0 Å². The average Bonchev–Trinajstić information content (AvgIpc) is 2.31. The molecule has 0 aliphatic heterocycles. The smallest absolute Gasteiger partial charge is 0.0702 e. The largest absolute Gasteiger partial charge is 0.256 e. The van der Waals surface area contributed by atoms with Crippen LogP contribution in [-0.2, 0) is 6.42 Å². The number of aryl methyl sites for hydroxylation is 1. The third-order valence-corrected chi connectivity index (χ3v) is 2.06. The van der Waals surface area contributed by atoms with Crippen molar-refractivity contribution in [2.24, 2.45) is 0 Å². The molecule has 1 heterocycles. The van der Waals surface area contributed by atoms with Crippen LogP contribution in [0.15, 0.2) is 36.5 Å². The Hall–Kier alpha value is -1.37. The number of pyridine rings is 1. The first-order chi connectivity index (χ1) is 6.90. The van der Waals surface area contributed by atoms with Crippen molar-refractivity contribution in [3.8, 4) is 0 Å². The van der Waals surface area contributed by atoms with Gasteiger partial charge in [-0.25, -0.2) is 0 Å². The van der Waals surface area contributed by atoms with Crippen molar-refractivity contribution >= 4 is 10.9 Å². The highest BCUT2D eigenvalue weighted by Crippen LogP contribution is 2.12. The van der Waals surface area contributed by atoms with Gasteiger partial charge in [-0.15, -0.1) is 0 Å². The average molecular weight is 187 g/mol. The molecule has 1 heteroatoms. The van der Waals surface area contributed by atoms with Crippen LogP contribution < -0.4 is 0 Å². The first-order valence-electron chi connectivity index (χ1n) is 5.24. The molecular formula is C13H17N. The van der Waals surface area contributed by atoms with Gasteiger partial charge in [0.25, 0.3) is 0 Å². The minimum atomic E-state index is 1.05. The van der Waals surface area contributed by atoms with Crippen LogP contribution in [0.3, 0.4) is 0 Å². The van der Waals surface area contributed by atoms with Gasteiger partial charge >= 0.3 is 0 Å². The Morgan fingerprint density at radius 3 is 2.57 bits per heavy atom. The van der Waals surface area contributed by atoms with E-state index in [1.54, 1.807) is 0 Å². The Morgan fingerprint density at radius 1 is 1.14 bits per heavy atom. The van der Waals surface area contributed by atoms with Crippen LogP contribution in [-0.4, -0.2) is 4.98 Å². The molecule has 0 saturated heterocycles. The van der Waals surface area contributed by atoms with Gasteiger partial charge in [0, 0.05) is 11.6 Å². The van der Waals surface area contributed by atoms with Crippen molar-refractivity contribution in [2.45, 2.75) is 27.2 Å². The molecule has 0 radical (unpaired) electrons. The summed E-state index contributed by atoms with van der Waals surface area (Å²) in [6, 6.07) is 10.4. The van der Waals surface area contributed by atoms with Crippen LogP contribution in [0.25, 0.3) is 10.9 Å². The maximum atomic E-state index is 4.35. The van der Waals surface area contributed by atoms with Crippen LogP contribution in [0.2, 0.25) is 0 Å². The Bertz CT molecular complexity index is 393. The maximum Gasteiger partial charge on any atom is 0.0702 e. The van der Waals surface area contributed by atoms with Crippen LogP contribution in [0, 0.1) is 0 Å². The Balaban J connectivity index is 0.000000461. The molecule has 0 bridgehead atoms. The summed E-state index contributed by atoms with van der Waals surface area (Å²) in [5, 5.41) is 1.23. The predicted octanol–water partition coefficient (Wildman–Crippen LogP) is 3.82. The maximum absolute atomic E-state index is 4.35. The third kappa shape index (κ3) is 2.32. The van der Waals surface area contributed by atoms with Crippen LogP contribution in [0.4, 0.5) is 0 Å². The number of aromatic nitrogens is 1. The molecule has 0 atom stereocenters. The molecule has 0 aliphatic rings. The SMILES string of the molecule is CC.CCc1cnc2ccccc2c1. The summed E-state index contributed by atoms with van der Waals surface area (Å²) in [5.41, 5.74) is 2.38. The van der Waals surface area contributed by atoms with Crippen LogP contribution in [0.5, 0.6) is 0 Å². The van der Waals surface area contributed by atoms with E-state index in [-0.39, 0.29) is 0 Å². The molecule has 0 amide bonds. The molecule has 14 heavy (non-hydrogen) atoms. The minimum absolute atomic E-state index is 1.05. The number of fused-ring (bicyclic) bond motifs is 1. The predicted molar refractivity (Wildman–Crippen MR) is 62.5 cm³/mol. The van der Waals surface area contributed by atoms with E-state index in [0.29, 0.717) is 0 Å². The first kappa shape index (κ1) is 10.7. The lowest BCUT2D eigenvalue weighted by molar-refractivity contribution is 1.12. The molecule has 0 fully saturated rings. The van der Waals surface area contributed by atoms with Gasteiger partial charge in [0.1, 0.15) is 0 Å².